The van der Waals surface area contributed by atoms with Crippen LogP contribution >= 0.6 is 0 Å². The number of hydrogen-bond donors (Lipinski definition) is 3. The van der Waals surface area contributed by atoms with Crippen molar-refractivity contribution in [2.45, 2.75) is 90.2 Å². The second-order valence-electron chi connectivity index (χ2n) is 7.92. The van der Waals surface area contributed by atoms with E-state index >= 15 is 0 Å². The molecule has 7 heteroatoms. The number of aliphatic hydroxyl groups is 1. The third-order valence-corrected chi connectivity index (χ3v) is 3.25. The molecule has 1 rings (SSSR count). The predicted molar refractivity (Wildman–Crippen MR) is 86.2 cm³/mol. The molecule has 0 saturated heterocycles. The Morgan fingerprint density at radius 3 is 1.87 bits per heavy atom. The Kier molecular flexibility index (Phi) is 6.27. The summed E-state index contributed by atoms with van der Waals surface area (Å²) in [5.74, 6) is 0. The lowest BCUT2D eigenvalue weighted by atomic mass is 9.88. The monoisotopic (exact) mass is 330 g/mol. The lowest BCUT2D eigenvalue weighted by Gasteiger charge is -2.37. The maximum atomic E-state index is 11.9. The van der Waals surface area contributed by atoms with Gasteiger partial charge in [0.15, 0.2) is 0 Å². The van der Waals surface area contributed by atoms with Crippen LogP contribution in [0.15, 0.2) is 0 Å². The van der Waals surface area contributed by atoms with Crippen molar-refractivity contribution in [1.82, 2.24) is 10.6 Å². The quantitative estimate of drug-likeness (QED) is 0.722. The van der Waals surface area contributed by atoms with Gasteiger partial charge < -0.3 is 25.2 Å². The van der Waals surface area contributed by atoms with Crippen LogP contribution in [0, 0.1) is 0 Å². The highest BCUT2D eigenvalue weighted by Gasteiger charge is 2.36. The molecule has 1 fully saturated rings. The number of ether oxygens (including phenoxy) is 2. The Balaban J connectivity index is 2.68. The van der Waals surface area contributed by atoms with E-state index in [4.69, 9.17) is 9.47 Å². The molecule has 3 atom stereocenters. The molecule has 7 nitrogen and oxygen atoms in total. The lowest BCUT2D eigenvalue weighted by molar-refractivity contribution is 0.0225. The Hall–Kier alpha value is -1.50. The van der Waals surface area contributed by atoms with Crippen molar-refractivity contribution in [2.24, 2.45) is 0 Å². The van der Waals surface area contributed by atoms with E-state index in [1.165, 1.54) is 0 Å². The van der Waals surface area contributed by atoms with E-state index in [2.05, 4.69) is 10.6 Å². The van der Waals surface area contributed by atoms with Crippen LogP contribution in [0.3, 0.4) is 0 Å². The summed E-state index contributed by atoms with van der Waals surface area (Å²) in [4.78, 5) is 23.9. The summed E-state index contributed by atoms with van der Waals surface area (Å²) >= 11 is 0. The molecule has 0 spiro atoms. The number of carbonyl (C=O) groups excluding carboxylic acids is 2. The molecule has 0 radical (unpaired) electrons. The SMILES string of the molecule is CC(C)(C)OC(=O)N[C@H]1[C@@H](O)CCC[C@H]1NC(=O)OC(C)(C)C. The van der Waals surface area contributed by atoms with Gasteiger partial charge in [0.1, 0.15) is 11.2 Å². The maximum absolute atomic E-state index is 11.9. The molecular weight excluding hydrogens is 300 g/mol. The molecule has 0 aromatic heterocycles. The molecular formula is C16H30N2O5. The summed E-state index contributed by atoms with van der Waals surface area (Å²) < 4.78 is 10.5. The summed E-state index contributed by atoms with van der Waals surface area (Å²) in [6.07, 6.45) is 0.0564. The molecule has 1 aliphatic carbocycles. The van der Waals surface area contributed by atoms with Crippen LogP contribution in [0.1, 0.15) is 60.8 Å². The molecule has 23 heavy (non-hydrogen) atoms. The number of aliphatic hydroxyl groups excluding tert-OH is 1. The van der Waals surface area contributed by atoms with Crippen LogP contribution in [0.2, 0.25) is 0 Å². The molecule has 0 aliphatic heterocycles. The van der Waals surface area contributed by atoms with Crippen molar-refractivity contribution >= 4 is 12.2 Å². The first-order chi connectivity index (χ1) is 10.4. The second kappa shape index (κ2) is 7.38. The molecule has 3 N–H and O–H groups in total. The molecule has 0 unspecified atom stereocenters. The first-order valence-electron chi connectivity index (χ1n) is 8.04. The van der Waals surface area contributed by atoms with Crippen molar-refractivity contribution in [1.29, 1.82) is 0 Å². The zero-order chi connectivity index (χ0) is 17.8. The van der Waals surface area contributed by atoms with E-state index < -0.39 is 41.6 Å². The fourth-order valence-corrected chi connectivity index (χ4v) is 2.44. The van der Waals surface area contributed by atoms with Crippen LogP contribution in [-0.2, 0) is 9.47 Å². The van der Waals surface area contributed by atoms with Crippen molar-refractivity contribution in [3.63, 3.8) is 0 Å². The molecule has 0 aromatic rings. The predicted octanol–water partition coefficient (Wildman–Crippen LogP) is 2.32. The summed E-state index contributed by atoms with van der Waals surface area (Å²) in [5, 5.41) is 15.6. The number of alkyl carbamates (subject to hydrolysis) is 2. The average molecular weight is 330 g/mol. The zero-order valence-electron chi connectivity index (χ0n) is 14.9. The first kappa shape index (κ1) is 19.5. The van der Waals surface area contributed by atoms with Gasteiger partial charge in [-0.15, -0.1) is 0 Å². The molecule has 0 aromatic carbocycles. The largest absolute Gasteiger partial charge is 0.444 e. The highest BCUT2D eigenvalue weighted by Crippen LogP contribution is 2.21. The number of rotatable bonds is 2. The van der Waals surface area contributed by atoms with Gasteiger partial charge in [-0.1, -0.05) is 0 Å². The van der Waals surface area contributed by atoms with Gasteiger partial charge in [0.25, 0.3) is 0 Å². The van der Waals surface area contributed by atoms with Crippen molar-refractivity contribution in [3.05, 3.63) is 0 Å². The minimum Gasteiger partial charge on any atom is -0.444 e. The third-order valence-electron chi connectivity index (χ3n) is 3.25. The van der Waals surface area contributed by atoms with Gasteiger partial charge in [-0.2, -0.15) is 0 Å². The van der Waals surface area contributed by atoms with Crippen LogP contribution in [0.5, 0.6) is 0 Å². The molecule has 134 valence electrons. The van der Waals surface area contributed by atoms with Crippen LogP contribution in [0.25, 0.3) is 0 Å². The van der Waals surface area contributed by atoms with Crippen LogP contribution in [-0.4, -0.2) is 46.7 Å². The van der Waals surface area contributed by atoms with E-state index in [1.807, 2.05) is 0 Å². The normalized spacial score (nSPS) is 25.4. The Morgan fingerprint density at radius 2 is 1.39 bits per heavy atom. The van der Waals surface area contributed by atoms with Gasteiger partial charge in [-0.05, 0) is 60.8 Å². The van der Waals surface area contributed by atoms with Crippen LogP contribution < -0.4 is 10.6 Å². The first-order valence-corrected chi connectivity index (χ1v) is 8.04. The van der Waals surface area contributed by atoms with Gasteiger partial charge in [0.05, 0.1) is 18.2 Å². The highest BCUT2D eigenvalue weighted by molar-refractivity contribution is 5.70. The summed E-state index contributed by atoms with van der Waals surface area (Å²) in [7, 11) is 0. The number of hydrogen-bond acceptors (Lipinski definition) is 5. The van der Waals surface area contributed by atoms with Gasteiger partial charge in [0, 0.05) is 0 Å². The van der Waals surface area contributed by atoms with E-state index in [0.717, 1.165) is 6.42 Å². The topological polar surface area (TPSA) is 96.9 Å². The van der Waals surface area contributed by atoms with Crippen molar-refractivity contribution in [3.8, 4) is 0 Å². The Bertz CT molecular complexity index is 425. The third kappa shape index (κ3) is 7.54. The molecule has 1 saturated carbocycles. The maximum Gasteiger partial charge on any atom is 0.408 e. The highest BCUT2D eigenvalue weighted by atomic mass is 16.6. The smallest absolute Gasteiger partial charge is 0.408 e. The van der Waals surface area contributed by atoms with Crippen molar-refractivity contribution < 1.29 is 24.2 Å². The summed E-state index contributed by atoms with van der Waals surface area (Å²) in [6.45, 7) is 10.6. The second-order valence-corrected chi connectivity index (χ2v) is 7.92. The number of amides is 2. The van der Waals surface area contributed by atoms with Crippen LogP contribution in [0.4, 0.5) is 9.59 Å². The summed E-state index contributed by atoms with van der Waals surface area (Å²) in [5.41, 5.74) is -1.23. The van der Waals surface area contributed by atoms with Crippen molar-refractivity contribution in [2.75, 3.05) is 0 Å². The van der Waals surface area contributed by atoms with Gasteiger partial charge in [-0.25, -0.2) is 9.59 Å². The fraction of sp³-hybridized carbons (Fsp3) is 0.875. The molecule has 0 heterocycles. The standard InChI is InChI=1S/C16H30N2O5/c1-15(2,3)22-13(20)17-10-8-7-9-11(19)12(10)18-14(21)23-16(4,5)6/h10-12,19H,7-9H2,1-6H3,(H,17,20)(H,18,21)/t10-,11+,12-/m1/s1. The Labute approximate surface area is 138 Å². The minimum absolute atomic E-state index is 0.402. The van der Waals surface area contributed by atoms with E-state index in [0.29, 0.717) is 12.8 Å². The average Bonchev–Trinajstić information content (AvgIpc) is 2.28. The molecule has 1 aliphatic rings. The Morgan fingerprint density at radius 1 is 0.913 bits per heavy atom. The van der Waals surface area contributed by atoms with E-state index in [-0.39, 0.29) is 0 Å². The molecule has 0 bridgehead atoms. The minimum atomic E-state index is -0.740. The number of nitrogens with one attached hydrogen (secondary N) is 2. The zero-order valence-corrected chi connectivity index (χ0v) is 14.9. The summed E-state index contributed by atoms with van der Waals surface area (Å²) in [6, 6.07) is -1.01. The van der Waals surface area contributed by atoms with Gasteiger partial charge in [0.2, 0.25) is 0 Å². The van der Waals surface area contributed by atoms with Gasteiger partial charge >= 0.3 is 12.2 Å². The van der Waals surface area contributed by atoms with Gasteiger partial charge in [-0.3, -0.25) is 0 Å². The number of carbonyl (C=O) groups is 2. The lowest BCUT2D eigenvalue weighted by Crippen LogP contribution is -2.59. The fourth-order valence-electron chi connectivity index (χ4n) is 2.44. The molecule has 2 amide bonds. The van der Waals surface area contributed by atoms with E-state index in [9.17, 15) is 14.7 Å². The van der Waals surface area contributed by atoms with E-state index in [1.54, 1.807) is 41.5 Å².